The van der Waals surface area contributed by atoms with Gasteiger partial charge in [-0.05, 0) is 0 Å². The molecule has 0 unspecified atom stereocenters. The molecule has 0 saturated carbocycles. The first-order valence-electron chi connectivity index (χ1n) is 3.89. The Morgan fingerprint density at radius 1 is 1.62 bits per heavy atom. The highest BCUT2D eigenvalue weighted by molar-refractivity contribution is 5.85. The summed E-state index contributed by atoms with van der Waals surface area (Å²) in [4.78, 5) is 4.17. The minimum Gasteiger partial charge on any atom is -0.368 e. The molecule has 2 heterocycles. The van der Waals surface area contributed by atoms with Gasteiger partial charge in [0, 0.05) is 27.2 Å². The standard InChI is InChI=1S/C7H12N4O.ClH/c1-11-6(9-5-10-11)7(12-2)3-8-4-7;/h5,8H,3-4H2,1-2H3;1H. The van der Waals surface area contributed by atoms with E-state index in [1.807, 2.05) is 7.05 Å². The Morgan fingerprint density at radius 3 is 2.62 bits per heavy atom. The normalized spacial score (nSPS) is 18.9. The topological polar surface area (TPSA) is 52.0 Å². The number of halogens is 1. The second kappa shape index (κ2) is 3.61. The lowest BCUT2D eigenvalue weighted by atomic mass is 9.96. The Bertz CT molecular complexity index is 278. The van der Waals surface area contributed by atoms with E-state index in [1.165, 1.54) is 0 Å². The summed E-state index contributed by atoms with van der Waals surface area (Å²) in [6.07, 6.45) is 1.55. The Hall–Kier alpha value is -0.650. The summed E-state index contributed by atoms with van der Waals surface area (Å²) in [7, 11) is 3.58. The number of methoxy groups -OCH3 is 1. The molecule has 1 N–H and O–H groups in total. The molecule has 1 fully saturated rings. The molecule has 0 radical (unpaired) electrons. The van der Waals surface area contributed by atoms with E-state index in [2.05, 4.69) is 15.4 Å². The van der Waals surface area contributed by atoms with Crippen LogP contribution in [0.15, 0.2) is 6.33 Å². The average molecular weight is 205 g/mol. The Balaban J connectivity index is 0.000000845. The summed E-state index contributed by atoms with van der Waals surface area (Å²) < 4.78 is 7.17. The van der Waals surface area contributed by atoms with Crippen molar-refractivity contribution in [2.45, 2.75) is 5.60 Å². The average Bonchev–Trinajstić information content (AvgIpc) is 2.36. The number of ether oxygens (including phenoxy) is 1. The van der Waals surface area contributed by atoms with Gasteiger partial charge in [0.05, 0.1) is 0 Å². The lowest BCUT2D eigenvalue weighted by Crippen LogP contribution is -2.59. The third kappa shape index (κ3) is 1.43. The number of nitrogens with one attached hydrogen (secondary N) is 1. The fourth-order valence-electron chi connectivity index (χ4n) is 1.45. The van der Waals surface area contributed by atoms with Crippen LogP contribution in [-0.4, -0.2) is 35.0 Å². The molecule has 0 aromatic carbocycles. The number of nitrogens with zero attached hydrogens (tertiary/aromatic N) is 3. The molecule has 1 aliphatic rings. The number of aromatic nitrogens is 3. The van der Waals surface area contributed by atoms with Gasteiger partial charge in [0.25, 0.3) is 0 Å². The van der Waals surface area contributed by atoms with Gasteiger partial charge in [0.1, 0.15) is 6.33 Å². The number of aryl methyl sites for hydroxylation is 1. The molecule has 5 nitrogen and oxygen atoms in total. The van der Waals surface area contributed by atoms with Gasteiger partial charge >= 0.3 is 0 Å². The summed E-state index contributed by atoms with van der Waals surface area (Å²) in [6, 6.07) is 0. The van der Waals surface area contributed by atoms with Gasteiger partial charge in [-0.1, -0.05) is 0 Å². The number of rotatable bonds is 2. The van der Waals surface area contributed by atoms with Gasteiger partial charge in [-0.15, -0.1) is 12.4 Å². The minimum atomic E-state index is -0.245. The molecule has 1 aromatic heterocycles. The molecule has 6 heteroatoms. The lowest BCUT2D eigenvalue weighted by Gasteiger charge is -2.39. The summed E-state index contributed by atoms with van der Waals surface area (Å²) in [5.41, 5.74) is -0.245. The van der Waals surface area contributed by atoms with Crippen molar-refractivity contribution < 1.29 is 4.74 Å². The first-order valence-corrected chi connectivity index (χ1v) is 3.89. The van der Waals surface area contributed by atoms with E-state index in [9.17, 15) is 0 Å². The molecular weight excluding hydrogens is 192 g/mol. The van der Waals surface area contributed by atoms with Gasteiger partial charge < -0.3 is 10.1 Å². The van der Waals surface area contributed by atoms with Crippen LogP contribution in [0.1, 0.15) is 5.82 Å². The molecule has 2 rings (SSSR count). The van der Waals surface area contributed by atoms with Crippen molar-refractivity contribution in [3.63, 3.8) is 0 Å². The molecule has 0 amide bonds. The molecule has 1 aliphatic heterocycles. The highest BCUT2D eigenvalue weighted by Crippen LogP contribution is 2.26. The maximum Gasteiger partial charge on any atom is 0.161 e. The molecule has 0 aliphatic carbocycles. The second-order valence-electron chi connectivity index (χ2n) is 3.01. The van der Waals surface area contributed by atoms with Crippen molar-refractivity contribution >= 4 is 12.4 Å². The summed E-state index contributed by atoms with van der Waals surface area (Å²) in [5.74, 6) is 0.892. The predicted octanol–water partition coefficient (Wildman–Crippen LogP) is -0.318. The monoisotopic (exact) mass is 204 g/mol. The van der Waals surface area contributed by atoms with Crippen LogP contribution >= 0.6 is 12.4 Å². The smallest absolute Gasteiger partial charge is 0.161 e. The Kier molecular flexibility index (Phi) is 2.90. The maximum absolute atomic E-state index is 5.41. The van der Waals surface area contributed by atoms with Crippen molar-refractivity contribution in [2.75, 3.05) is 20.2 Å². The third-order valence-electron chi connectivity index (χ3n) is 2.33. The molecule has 13 heavy (non-hydrogen) atoms. The van der Waals surface area contributed by atoms with E-state index in [1.54, 1.807) is 18.1 Å². The van der Waals surface area contributed by atoms with E-state index < -0.39 is 0 Å². The van der Waals surface area contributed by atoms with Gasteiger partial charge in [-0.3, -0.25) is 4.68 Å². The SMILES string of the molecule is COC1(c2ncnn2C)CNC1.Cl. The van der Waals surface area contributed by atoms with Gasteiger partial charge in [-0.2, -0.15) is 5.10 Å². The van der Waals surface area contributed by atoms with Crippen molar-refractivity contribution in [1.82, 2.24) is 20.1 Å². The Labute approximate surface area is 82.9 Å². The van der Waals surface area contributed by atoms with Crippen LogP contribution in [-0.2, 0) is 17.4 Å². The molecule has 1 saturated heterocycles. The summed E-state index contributed by atoms with van der Waals surface area (Å²) in [6.45, 7) is 1.63. The molecule has 0 bridgehead atoms. The molecule has 0 spiro atoms. The largest absolute Gasteiger partial charge is 0.368 e. The van der Waals surface area contributed by atoms with Gasteiger partial charge in [-0.25, -0.2) is 4.98 Å². The van der Waals surface area contributed by atoms with E-state index in [0.717, 1.165) is 18.9 Å². The highest BCUT2D eigenvalue weighted by atomic mass is 35.5. The van der Waals surface area contributed by atoms with Crippen molar-refractivity contribution in [3.05, 3.63) is 12.2 Å². The second-order valence-corrected chi connectivity index (χ2v) is 3.01. The van der Waals surface area contributed by atoms with E-state index in [-0.39, 0.29) is 18.0 Å². The van der Waals surface area contributed by atoms with Gasteiger partial charge in [0.15, 0.2) is 11.4 Å². The highest BCUT2D eigenvalue weighted by Gasteiger charge is 2.42. The zero-order valence-corrected chi connectivity index (χ0v) is 8.47. The maximum atomic E-state index is 5.41. The van der Waals surface area contributed by atoms with Crippen molar-refractivity contribution in [2.24, 2.45) is 7.05 Å². The molecule has 74 valence electrons. The fourth-order valence-corrected chi connectivity index (χ4v) is 1.45. The predicted molar refractivity (Wildman–Crippen MR) is 49.8 cm³/mol. The number of hydrogen-bond donors (Lipinski definition) is 1. The minimum absolute atomic E-state index is 0. The first-order chi connectivity index (χ1) is 5.78. The zero-order valence-electron chi connectivity index (χ0n) is 7.65. The van der Waals surface area contributed by atoms with Crippen LogP contribution in [0.5, 0.6) is 0 Å². The Morgan fingerprint density at radius 2 is 2.31 bits per heavy atom. The van der Waals surface area contributed by atoms with Crippen LogP contribution in [0.25, 0.3) is 0 Å². The quantitative estimate of drug-likeness (QED) is 0.718. The van der Waals surface area contributed by atoms with Crippen LogP contribution in [0, 0.1) is 0 Å². The lowest BCUT2D eigenvalue weighted by molar-refractivity contribution is -0.0658. The molecule has 1 aromatic rings. The third-order valence-corrected chi connectivity index (χ3v) is 2.33. The number of hydrogen-bond acceptors (Lipinski definition) is 4. The fraction of sp³-hybridized carbons (Fsp3) is 0.714. The summed E-state index contributed by atoms with van der Waals surface area (Å²) >= 11 is 0. The van der Waals surface area contributed by atoms with E-state index in [4.69, 9.17) is 4.74 Å². The van der Waals surface area contributed by atoms with E-state index in [0.29, 0.717) is 0 Å². The van der Waals surface area contributed by atoms with Crippen LogP contribution < -0.4 is 5.32 Å². The first kappa shape index (κ1) is 10.4. The van der Waals surface area contributed by atoms with E-state index >= 15 is 0 Å². The molecule has 0 atom stereocenters. The van der Waals surface area contributed by atoms with Crippen LogP contribution in [0.2, 0.25) is 0 Å². The van der Waals surface area contributed by atoms with Crippen molar-refractivity contribution in [3.8, 4) is 0 Å². The zero-order chi connectivity index (χ0) is 8.60. The van der Waals surface area contributed by atoms with Gasteiger partial charge in [0.2, 0.25) is 0 Å². The summed E-state index contributed by atoms with van der Waals surface area (Å²) in [5, 5.41) is 7.17. The van der Waals surface area contributed by atoms with Crippen LogP contribution in [0.4, 0.5) is 0 Å². The van der Waals surface area contributed by atoms with Crippen molar-refractivity contribution in [1.29, 1.82) is 0 Å². The molecular formula is C7H13ClN4O. The van der Waals surface area contributed by atoms with Crippen LogP contribution in [0.3, 0.4) is 0 Å².